The van der Waals surface area contributed by atoms with Crippen LogP contribution in [-0.2, 0) is 6.42 Å². The second kappa shape index (κ2) is 6.48. The topological polar surface area (TPSA) is 29.9 Å². The van der Waals surface area contributed by atoms with Crippen molar-refractivity contribution in [3.8, 4) is 16.9 Å². The maximum absolute atomic E-state index is 13.4. The Morgan fingerprint density at radius 3 is 2.52 bits per heavy atom. The van der Waals surface area contributed by atoms with Crippen molar-refractivity contribution >= 4 is 17.4 Å². The van der Waals surface area contributed by atoms with Crippen molar-refractivity contribution in [2.24, 2.45) is 0 Å². The van der Waals surface area contributed by atoms with E-state index in [4.69, 9.17) is 16.7 Å². The van der Waals surface area contributed by atoms with Crippen LogP contribution >= 0.6 is 11.6 Å². The lowest BCUT2D eigenvalue weighted by atomic mass is 10.0. The second-order valence-corrected chi connectivity index (χ2v) is 6.48. The molecule has 2 aromatic carbocycles. The minimum absolute atomic E-state index is 0.295. The molecule has 6 heteroatoms. The molecule has 0 fully saturated rings. The number of fused-ring (bicyclic) bond motifs is 1. The number of benzene rings is 2. The Kier molecular flexibility index (Phi) is 4.17. The Labute approximate surface area is 149 Å². The van der Waals surface area contributed by atoms with E-state index in [0.717, 1.165) is 48.6 Å². The maximum atomic E-state index is 13.4. The van der Waals surface area contributed by atoms with Crippen LogP contribution in [0.5, 0.6) is 0 Å². The van der Waals surface area contributed by atoms with Gasteiger partial charge in [-0.05, 0) is 61.7 Å². The van der Waals surface area contributed by atoms with Crippen molar-refractivity contribution in [2.75, 3.05) is 11.9 Å². The Morgan fingerprint density at radius 2 is 1.76 bits per heavy atom. The number of nitrogens with zero attached hydrogens (tertiary/aromatic N) is 2. The lowest BCUT2D eigenvalue weighted by Crippen LogP contribution is -2.07. The molecule has 0 radical (unpaired) electrons. The Morgan fingerprint density at radius 1 is 1.00 bits per heavy atom. The summed E-state index contributed by atoms with van der Waals surface area (Å²) in [5.74, 6) is 0.215. The molecular formula is C19H16ClF2N3. The third kappa shape index (κ3) is 3.00. The molecule has 0 aliphatic carbocycles. The van der Waals surface area contributed by atoms with Gasteiger partial charge in [0.15, 0.2) is 0 Å². The van der Waals surface area contributed by atoms with E-state index < -0.39 is 0 Å². The number of hydrogen-bond donors (Lipinski definition) is 1. The molecule has 0 amide bonds. The molecule has 0 spiro atoms. The van der Waals surface area contributed by atoms with Crippen molar-refractivity contribution in [2.45, 2.75) is 19.3 Å². The van der Waals surface area contributed by atoms with Gasteiger partial charge in [-0.1, -0.05) is 11.6 Å². The molecule has 128 valence electrons. The van der Waals surface area contributed by atoms with E-state index in [2.05, 4.69) is 5.32 Å². The number of rotatable bonds is 2. The van der Waals surface area contributed by atoms with Gasteiger partial charge in [0.1, 0.15) is 17.5 Å². The van der Waals surface area contributed by atoms with Gasteiger partial charge >= 0.3 is 0 Å². The summed E-state index contributed by atoms with van der Waals surface area (Å²) in [6.07, 6.45) is 2.93. The van der Waals surface area contributed by atoms with Gasteiger partial charge in [0, 0.05) is 17.7 Å². The van der Waals surface area contributed by atoms with Gasteiger partial charge in [-0.25, -0.2) is 13.5 Å². The fourth-order valence-corrected chi connectivity index (χ4v) is 3.43. The Bertz CT molecular complexity index is 919. The summed E-state index contributed by atoms with van der Waals surface area (Å²) in [4.78, 5) is 0. The average molecular weight is 360 g/mol. The van der Waals surface area contributed by atoms with E-state index in [1.54, 1.807) is 22.9 Å². The molecule has 1 aliphatic heterocycles. The SMILES string of the molecule is Fc1ccc(-n2nc(-c3ccc(F)cc3Cl)c3c2NCCCC3)cc1. The van der Waals surface area contributed by atoms with Crippen LogP contribution in [0, 0.1) is 11.6 Å². The molecule has 1 N–H and O–H groups in total. The summed E-state index contributed by atoms with van der Waals surface area (Å²) >= 11 is 6.26. The van der Waals surface area contributed by atoms with E-state index in [1.165, 1.54) is 24.3 Å². The third-order valence-electron chi connectivity index (χ3n) is 4.39. The van der Waals surface area contributed by atoms with Gasteiger partial charge in [-0.2, -0.15) is 5.10 Å². The normalized spacial score (nSPS) is 13.9. The quantitative estimate of drug-likeness (QED) is 0.680. The Balaban J connectivity index is 1.91. The number of nitrogens with one attached hydrogen (secondary N) is 1. The number of anilines is 1. The largest absolute Gasteiger partial charge is 0.370 e. The van der Waals surface area contributed by atoms with Crippen molar-refractivity contribution in [1.82, 2.24) is 9.78 Å². The molecule has 0 atom stereocenters. The average Bonchev–Trinajstić information content (AvgIpc) is 2.78. The summed E-state index contributed by atoms with van der Waals surface area (Å²) in [6.45, 7) is 0.844. The van der Waals surface area contributed by atoms with E-state index in [9.17, 15) is 8.78 Å². The highest BCUT2D eigenvalue weighted by Crippen LogP contribution is 2.37. The predicted octanol–water partition coefficient (Wildman–Crippen LogP) is 5.22. The van der Waals surface area contributed by atoms with E-state index in [1.807, 2.05) is 0 Å². The molecule has 0 unspecified atom stereocenters. The van der Waals surface area contributed by atoms with Crippen LogP contribution in [-0.4, -0.2) is 16.3 Å². The van der Waals surface area contributed by atoms with Crippen molar-refractivity contribution in [3.63, 3.8) is 0 Å². The minimum atomic E-state index is -0.379. The highest BCUT2D eigenvalue weighted by atomic mass is 35.5. The lowest BCUT2D eigenvalue weighted by molar-refractivity contribution is 0.627. The molecule has 0 saturated heterocycles. The molecule has 0 bridgehead atoms. The van der Waals surface area contributed by atoms with Gasteiger partial charge in [-0.15, -0.1) is 0 Å². The van der Waals surface area contributed by atoms with Gasteiger partial charge in [-0.3, -0.25) is 0 Å². The number of hydrogen-bond acceptors (Lipinski definition) is 2. The summed E-state index contributed by atoms with van der Waals surface area (Å²) in [6, 6.07) is 10.5. The zero-order chi connectivity index (χ0) is 17.4. The van der Waals surface area contributed by atoms with E-state index in [0.29, 0.717) is 10.6 Å². The lowest BCUT2D eigenvalue weighted by Gasteiger charge is -2.09. The summed E-state index contributed by atoms with van der Waals surface area (Å²) < 4.78 is 28.5. The Hall–Kier alpha value is -2.40. The zero-order valence-electron chi connectivity index (χ0n) is 13.4. The van der Waals surface area contributed by atoms with Crippen LogP contribution in [0.1, 0.15) is 18.4 Å². The smallest absolute Gasteiger partial charge is 0.133 e. The minimum Gasteiger partial charge on any atom is -0.370 e. The number of halogens is 3. The first-order valence-corrected chi connectivity index (χ1v) is 8.58. The van der Waals surface area contributed by atoms with Crippen LogP contribution in [0.3, 0.4) is 0 Å². The monoisotopic (exact) mass is 359 g/mol. The van der Waals surface area contributed by atoms with Gasteiger partial charge in [0.2, 0.25) is 0 Å². The van der Waals surface area contributed by atoms with Crippen molar-refractivity contribution in [1.29, 1.82) is 0 Å². The van der Waals surface area contributed by atoms with Gasteiger partial charge in [0.05, 0.1) is 16.4 Å². The number of aromatic nitrogens is 2. The highest BCUT2D eigenvalue weighted by Gasteiger charge is 2.23. The van der Waals surface area contributed by atoms with Crippen LogP contribution in [0.2, 0.25) is 5.02 Å². The predicted molar refractivity (Wildman–Crippen MR) is 95.4 cm³/mol. The molecule has 4 rings (SSSR count). The first-order valence-electron chi connectivity index (χ1n) is 8.20. The van der Waals surface area contributed by atoms with Crippen molar-refractivity contribution in [3.05, 3.63) is 64.7 Å². The fraction of sp³-hybridized carbons (Fsp3) is 0.211. The first-order chi connectivity index (χ1) is 12.1. The molecule has 1 aromatic heterocycles. The van der Waals surface area contributed by atoms with Crippen molar-refractivity contribution < 1.29 is 8.78 Å². The molecular weight excluding hydrogens is 344 g/mol. The maximum Gasteiger partial charge on any atom is 0.133 e. The second-order valence-electron chi connectivity index (χ2n) is 6.07. The molecule has 25 heavy (non-hydrogen) atoms. The van der Waals surface area contributed by atoms with Crippen LogP contribution in [0.15, 0.2) is 42.5 Å². The first kappa shape index (κ1) is 16.1. The molecule has 3 nitrogen and oxygen atoms in total. The van der Waals surface area contributed by atoms with Gasteiger partial charge in [0.25, 0.3) is 0 Å². The molecule has 1 aliphatic rings. The summed E-state index contributed by atoms with van der Waals surface area (Å²) in [5, 5.41) is 8.47. The third-order valence-corrected chi connectivity index (χ3v) is 4.70. The zero-order valence-corrected chi connectivity index (χ0v) is 14.2. The van der Waals surface area contributed by atoms with Crippen LogP contribution in [0.4, 0.5) is 14.6 Å². The molecule has 2 heterocycles. The van der Waals surface area contributed by atoms with Crippen LogP contribution < -0.4 is 5.32 Å². The highest BCUT2D eigenvalue weighted by molar-refractivity contribution is 6.33. The molecule has 0 saturated carbocycles. The summed E-state index contributed by atoms with van der Waals surface area (Å²) in [7, 11) is 0. The fourth-order valence-electron chi connectivity index (χ4n) is 3.17. The van der Waals surface area contributed by atoms with Crippen LogP contribution in [0.25, 0.3) is 16.9 Å². The van der Waals surface area contributed by atoms with Gasteiger partial charge < -0.3 is 5.32 Å². The molecule has 3 aromatic rings. The standard InChI is InChI=1S/C19H16ClF2N3/c20-17-11-13(22)6-9-15(17)18-16-3-1-2-10-23-19(16)25(24-18)14-7-4-12(21)5-8-14/h4-9,11,23H,1-3,10H2. The van der Waals surface area contributed by atoms with E-state index in [-0.39, 0.29) is 11.6 Å². The summed E-state index contributed by atoms with van der Waals surface area (Å²) in [5.41, 5.74) is 3.24. The van der Waals surface area contributed by atoms with E-state index >= 15 is 0 Å².